The first-order valence-corrected chi connectivity index (χ1v) is 10.2. The number of thiophene rings is 1. The summed E-state index contributed by atoms with van der Waals surface area (Å²) in [5, 5.41) is 0.696. The Morgan fingerprint density at radius 1 is 1.33 bits per heavy atom. The molecule has 5 nitrogen and oxygen atoms in total. The lowest BCUT2D eigenvalue weighted by molar-refractivity contribution is -0.144. The zero-order valence-electron chi connectivity index (χ0n) is 15.3. The Balaban J connectivity index is 1.49. The van der Waals surface area contributed by atoms with Gasteiger partial charge in [-0.1, -0.05) is 37.3 Å². The van der Waals surface area contributed by atoms with E-state index in [-0.39, 0.29) is 12.1 Å². The number of carbonyl (C=O) groups is 1. The molecule has 0 bridgehead atoms. The molecule has 1 aliphatic rings. The molecule has 0 saturated heterocycles. The van der Waals surface area contributed by atoms with Crippen molar-refractivity contribution < 1.29 is 9.53 Å². The molecule has 0 amide bonds. The summed E-state index contributed by atoms with van der Waals surface area (Å²) in [5.41, 5.74) is 2.13. The molecule has 1 aromatic carbocycles. The van der Waals surface area contributed by atoms with E-state index in [0.717, 1.165) is 35.2 Å². The highest BCUT2D eigenvalue weighted by atomic mass is 32.1. The van der Waals surface area contributed by atoms with Crippen molar-refractivity contribution >= 4 is 27.5 Å². The molecule has 140 valence electrons. The molecule has 2 aromatic heterocycles. The molecular weight excluding hydrogens is 360 g/mol. The SMILES string of the molecule is CC1CCCc2sc3ncn(CC(=O)OCCc4ccccc4)c(=O)c3c21. The Morgan fingerprint density at radius 3 is 2.96 bits per heavy atom. The quantitative estimate of drug-likeness (QED) is 0.632. The Bertz CT molecular complexity index is 1020. The summed E-state index contributed by atoms with van der Waals surface area (Å²) in [6.45, 7) is 2.37. The molecule has 1 aliphatic carbocycles. The zero-order chi connectivity index (χ0) is 18.8. The summed E-state index contributed by atoms with van der Waals surface area (Å²) in [6, 6.07) is 9.86. The number of fused-ring (bicyclic) bond motifs is 3. The van der Waals surface area contributed by atoms with E-state index in [2.05, 4.69) is 11.9 Å². The maximum Gasteiger partial charge on any atom is 0.326 e. The fraction of sp³-hybridized carbons (Fsp3) is 0.381. The Morgan fingerprint density at radius 2 is 2.15 bits per heavy atom. The van der Waals surface area contributed by atoms with Crippen LogP contribution in [-0.4, -0.2) is 22.1 Å². The molecular formula is C21H22N2O3S. The number of carbonyl (C=O) groups excluding carboxylic acids is 1. The number of hydrogen-bond donors (Lipinski definition) is 0. The van der Waals surface area contributed by atoms with E-state index in [9.17, 15) is 9.59 Å². The second-order valence-corrected chi connectivity index (χ2v) is 8.13. The number of ether oxygens (including phenoxy) is 1. The van der Waals surface area contributed by atoms with Crippen LogP contribution in [-0.2, 0) is 28.9 Å². The maximum absolute atomic E-state index is 13.0. The smallest absolute Gasteiger partial charge is 0.326 e. The molecule has 0 aliphatic heterocycles. The number of aryl methyl sites for hydroxylation is 1. The molecule has 1 atom stereocenters. The average Bonchev–Trinajstić information content (AvgIpc) is 3.06. The lowest BCUT2D eigenvalue weighted by Crippen LogP contribution is -2.26. The number of hydrogen-bond acceptors (Lipinski definition) is 5. The van der Waals surface area contributed by atoms with Gasteiger partial charge in [-0.25, -0.2) is 4.98 Å². The number of esters is 1. The van der Waals surface area contributed by atoms with Gasteiger partial charge in [0.2, 0.25) is 0 Å². The molecule has 0 saturated carbocycles. The topological polar surface area (TPSA) is 61.2 Å². The molecule has 4 rings (SSSR count). The first kappa shape index (κ1) is 17.9. The summed E-state index contributed by atoms with van der Waals surface area (Å²) in [7, 11) is 0. The van der Waals surface area contributed by atoms with E-state index in [0.29, 0.717) is 24.3 Å². The van der Waals surface area contributed by atoms with Crippen LogP contribution in [0, 0.1) is 0 Å². The normalized spacial score (nSPS) is 16.3. The molecule has 0 N–H and O–H groups in total. The maximum atomic E-state index is 13.0. The number of aromatic nitrogens is 2. The van der Waals surface area contributed by atoms with Gasteiger partial charge in [-0.2, -0.15) is 0 Å². The fourth-order valence-electron chi connectivity index (χ4n) is 3.74. The molecule has 3 aromatic rings. The van der Waals surface area contributed by atoms with Crippen LogP contribution in [0.2, 0.25) is 0 Å². The van der Waals surface area contributed by atoms with Crippen LogP contribution in [0.25, 0.3) is 10.2 Å². The summed E-state index contributed by atoms with van der Waals surface area (Å²) in [5.74, 6) is -0.0444. The lowest BCUT2D eigenvalue weighted by atomic mass is 9.88. The van der Waals surface area contributed by atoms with Crippen molar-refractivity contribution in [2.24, 2.45) is 0 Å². The van der Waals surface area contributed by atoms with Crippen LogP contribution >= 0.6 is 11.3 Å². The largest absolute Gasteiger partial charge is 0.464 e. The predicted molar refractivity (Wildman–Crippen MR) is 106 cm³/mol. The zero-order valence-corrected chi connectivity index (χ0v) is 16.1. The molecule has 2 heterocycles. The second-order valence-electron chi connectivity index (χ2n) is 7.05. The molecule has 6 heteroatoms. The van der Waals surface area contributed by atoms with Gasteiger partial charge in [-0.05, 0) is 36.3 Å². The minimum atomic E-state index is -0.411. The molecule has 0 fully saturated rings. The van der Waals surface area contributed by atoms with Crippen molar-refractivity contribution in [1.29, 1.82) is 0 Å². The monoisotopic (exact) mass is 382 g/mol. The predicted octanol–water partition coefficient (Wildman–Crippen LogP) is 3.68. The van der Waals surface area contributed by atoms with E-state index in [4.69, 9.17) is 4.74 Å². The Kier molecular flexibility index (Phi) is 5.07. The van der Waals surface area contributed by atoms with Gasteiger partial charge in [0, 0.05) is 11.3 Å². The van der Waals surface area contributed by atoms with Crippen molar-refractivity contribution in [2.75, 3.05) is 6.61 Å². The third kappa shape index (κ3) is 3.67. The summed E-state index contributed by atoms with van der Waals surface area (Å²) in [4.78, 5) is 31.6. The van der Waals surface area contributed by atoms with Crippen molar-refractivity contribution in [2.45, 2.75) is 45.1 Å². The van der Waals surface area contributed by atoms with Crippen LogP contribution in [0.3, 0.4) is 0 Å². The van der Waals surface area contributed by atoms with Crippen LogP contribution in [0.15, 0.2) is 41.5 Å². The number of rotatable bonds is 5. The summed E-state index contributed by atoms with van der Waals surface area (Å²) in [6.07, 6.45) is 5.39. The van der Waals surface area contributed by atoms with Gasteiger partial charge in [0.05, 0.1) is 18.3 Å². The van der Waals surface area contributed by atoms with Crippen molar-refractivity contribution in [3.63, 3.8) is 0 Å². The molecule has 27 heavy (non-hydrogen) atoms. The van der Waals surface area contributed by atoms with Gasteiger partial charge in [0.25, 0.3) is 5.56 Å². The molecule has 0 radical (unpaired) electrons. The van der Waals surface area contributed by atoms with Crippen LogP contribution in [0.1, 0.15) is 41.7 Å². The van der Waals surface area contributed by atoms with Crippen LogP contribution < -0.4 is 5.56 Å². The van der Waals surface area contributed by atoms with Crippen LogP contribution in [0.5, 0.6) is 0 Å². The third-order valence-corrected chi connectivity index (χ3v) is 6.30. The van der Waals surface area contributed by atoms with E-state index in [1.807, 2.05) is 30.3 Å². The first-order valence-electron chi connectivity index (χ1n) is 9.33. The molecule has 0 spiro atoms. The van der Waals surface area contributed by atoms with Crippen molar-refractivity contribution in [3.05, 3.63) is 63.0 Å². The highest BCUT2D eigenvalue weighted by Crippen LogP contribution is 2.39. The summed E-state index contributed by atoms with van der Waals surface area (Å²) >= 11 is 1.62. The van der Waals surface area contributed by atoms with E-state index >= 15 is 0 Å². The van der Waals surface area contributed by atoms with Gasteiger partial charge in [0.15, 0.2) is 0 Å². The van der Waals surface area contributed by atoms with Gasteiger partial charge >= 0.3 is 5.97 Å². The lowest BCUT2D eigenvalue weighted by Gasteiger charge is -2.18. The fourth-order valence-corrected chi connectivity index (χ4v) is 5.03. The minimum absolute atomic E-state index is 0.102. The highest BCUT2D eigenvalue weighted by molar-refractivity contribution is 7.18. The van der Waals surface area contributed by atoms with Gasteiger partial charge in [-0.15, -0.1) is 11.3 Å². The third-order valence-electron chi connectivity index (χ3n) is 5.12. The first-order chi connectivity index (χ1) is 13.1. The van der Waals surface area contributed by atoms with E-state index in [1.54, 1.807) is 11.3 Å². The van der Waals surface area contributed by atoms with E-state index < -0.39 is 5.97 Å². The van der Waals surface area contributed by atoms with E-state index in [1.165, 1.54) is 15.8 Å². The second kappa shape index (κ2) is 7.64. The van der Waals surface area contributed by atoms with Crippen molar-refractivity contribution in [1.82, 2.24) is 9.55 Å². The van der Waals surface area contributed by atoms with Crippen LogP contribution in [0.4, 0.5) is 0 Å². The number of benzene rings is 1. The Hall–Kier alpha value is -2.47. The number of nitrogens with zero attached hydrogens (tertiary/aromatic N) is 2. The highest BCUT2D eigenvalue weighted by Gasteiger charge is 2.25. The Labute approximate surface area is 161 Å². The van der Waals surface area contributed by atoms with Gasteiger partial charge < -0.3 is 4.74 Å². The summed E-state index contributed by atoms with van der Waals surface area (Å²) < 4.78 is 6.68. The minimum Gasteiger partial charge on any atom is -0.464 e. The average molecular weight is 382 g/mol. The molecule has 1 unspecified atom stereocenters. The van der Waals surface area contributed by atoms with Gasteiger partial charge in [-0.3, -0.25) is 14.2 Å². The van der Waals surface area contributed by atoms with Gasteiger partial charge in [0.1, 0.15) is 11.4 Å². The van der Waals surface area contributed by atoms with Crippen molar-refractivity contribution in [3.8, 4) is 0 Å². The standard InChI is InChI=1S/C21H22N2O3S/c1-14-6-5-9-16-18(14)19-20(27-16)22-13-23(21(19)25)12-17(24)26-11-10-15-7-3-2-4-8-15/h2-4,7-8,13-14H,5-6,9-12H2,1H3.